The second kappa shape index (κ2) is 2.57. The van der Waals surface area contributed by atoms with Crippen LogP contribution in [0, 0.1) is 21.7 Å². The van der Waals surface area contributed by atoms with Crippen molar-refractivity contribution in [3.05, 3.63) is 34.0 Å². The van der Waals surface area contributed by atoms with E-state index < -0.39 is 22.4 Å². The number of halogens is 2. The van der Waals surface area contributed by atoms with Crippen molar-refractivity contribution in [2.45, 2.75) is 0 Å². The molecule has 4 nitrogen and oxygen atoms in total. The van der Waals surface area contributed by atoms with Crippen molar-refractivity contribution < 1.29 is 13.7 Å². The van der Waals surface area contributed by atoms with E-state index in [4.69, 9.17) is 0 Å². The number of hydrogen-bond acceptors (Lipinski definition) is 3. The van der Waals surface area contributed by atoms with Gasteiger partial charge in [0.1, 0.15) is 0 Å². The van der Waals surface area contributed by atoms with Gasteiger partial charge in [0.05, 0.1) is 6.07 Å². The molecule has 1 heterocycles. The molecule has 58 valence electrons. The number of nitro groups is 1. The highest BCUT2D eigenvalue weighted by Crippen LogP contribution is 2.10. The van der Waals surface area contributed by atoms with Crippen LogP contribution < -0.4 is 0 Å². The highest BCUT2D eigenvalue weighted by atomic mass is 19.2. The lowest BCUT2D eigenvalue weighted by atomic mass is 10.4. The van der Waals surface area contributed by atoms with Gasteiger partial charge in [0.15, 0.2) is 12.0 Å². The quantitative estimate of drug-likeness (QED) is 0.459. The van der Waals surface area contributed by atoms with E-state index in [2.05, 4.69) is 4.98 Å². The molecule has 0 spiro atoms. The Morgan fingerprint density at radius 2 is 2.09 bits per heavy atom. The largest absolute Gasteiger partial charge is 0.366 e. The molecule has 11 heavy (non-hydrogen) atoms. The lowest BCUT2D eigenvalue weighted by Gasteiger charge is -1.90. The molecule has 1 aromatic rings. The van der Waals surface area contributed by atoms with E-state index in [-0.39, 0.29) is 0 Å². The first-order chi connectivity index (χ1) is 5.11. The van der Waals surface area contributed by atoms with Gasteiger partial charge < -0.3 is 10.1 Å². The molecule has 0 saturated carbocycles. The van der Waals surface area contributed by atoms with Crippen LogP contribution in [0.25, 0.3) is 0 Å². The fraction of sp³-hybridized carbons (Fsp3) is 0. The van der Waals surface area contributed by atoms with Crippen LogP contribution in [-0.4, -0.2) is 9.91 Å². The lowest BCUT2D eigenvalue weighted by molar-refractivity contribution is -0.389. The van der Waals surface area contributed by atoms with Crippen LogP contribution in [0.4, 0.5) is 14.6 Å². The van der Waals surface area contributed by atoms with Crippen LogP contribution in [0.15, 0.2) is 12.3 Å². The first kappa shape index (κ1) is 7.52. The third-order valence-corrected chi connectivity index (χ3v) is 0.981. The van der Waals surface area contributed by atoms with Gasteiger partial charge in [-0.05, 0) is 9.91 Å². The molecule has 0 radical (unpaired) electrons. The van der Waals surface area contributed by atoms with Gasteiger partial charge in [0, 0.05) is 0 Å². The van der Waals surface area contributed by atoms with E-state index in [9.17, 15) is 18.9 Å². The van der Waals surface area contributed by atoms with Gasteiger partial charge in [-0.2, -0.15) is 4.39 Å². The molecule has 6 heteroatoms. The molecular weight excluding hydrogens is 158 g/mol. The summed E-state index contributed by atoms with van der Waals surface area (Å²) in [5, 5.41) is 9.92. The molecule has 0 fully saturated rings. The number of nitrogens with zero attached hydrogens (tertiary/aromatic N) is 2. The maximum atomic E-state index is 12.2. The predicted molar refractivity (Wildman–Crippen MR) is 30.8 cm³/mol. The molecule has 1 rings (SSSR count). The average molecular weight is 160 g/mol. The third-order valence-electron chi connectivity index (χ3n) is 0.981. The summed E-state index contributed by atoms with van der Waals surface area (Å²) < 4.78 is 24.3. The predicted octanol–water partition coefficient (Wildman–Crippen LogP) is 1.27. The Morgan fingerprint density at radius 3 is 2.55 bits per heavy atom. The van der Waals surface area contributed by atoms with Crippen LogP contribution >= 0.6 is 0 Å². The standard InChI is InChI=1S/C5H2F2N2O2/c6-3-1-5(9(10)11)8-2-4(3)7/h1-2H. The molecule has 0 aliphatic rings. The maximum Gasteiger partial charge on any atom is 0.366 e. The minimum Gasteiger partial charge on any atom is -0.358 e. The number of pyridine rings is 1. The van der Waals surface area contributed by atoms with Crippen LogP contribution in [0.2, 0.25) is 0 Å². The molecule has 0 unspecified atom stereocenters. The van der Waals surface area contributed by atoms with Gasteiger partial charge in [0.25, 0.3) is 0 Å². The highest BCUT2D eigenvalue weighted by Gasteiger charge is 2.11. The fourth-order valence-electron chi connectivity index (χ4n) is 0.504. The summed E-state index contributed by atoms with van der Waals surface area (Å²) in [6, 6.07) is 0.426. The van der Waals surface area contributed by atoms with Crippen molar-refractivity contribution in [3.8, 4) is 0 Å². The summed E-state index contributed by atoms with van der Waals surface area (Å²) in [6.45, 7) is 0. The van der Waals surface area contributed by atoms with Gasteiger partial charge in [0.2, 0.25) is 5.82 Å². The van der Waals surface area contributed by atoms with Crippen molar-refractivity contribution in [2.24, 2.45) is 0 Å². The molecule has 0 N–H and O–H groups in total. The van der Waals surface area contributed by atoms with E-state index in [1.165, 1.54) is 0 Å². The number of hydrogen-bond donors (Lipinski definition) is 0. The Balaban J connectivity index is 3.15. The van der Waals surface area contributed by atoms with E-state index in [0.717, 1.165) is 0 Å². The molecule has 0 bridgehead atoms. The van der Waals surface area contributed by atoms with Crippen LogP contribution in [0.5, 0.6) is 0 Å². The summed E-state index contributed by atoms with van der Waals surface area (Å²) in [5.74, 6) is -3.17. The second-order valence-corrected chi connectivity index (χ2v) is 1.71. The monoisotopic (exact) mass is 160 g/mol. The van der Waals surface area contributed by atoms with E-state index in [1.807, 2.05) is 0 Å². The normalized spacial score (nSPS) is 9.64. The van der Waals surface area contributed by atoms with E-state index >= 15 is 0 Å². The summed E-state index contributed by atoms with van der Waals surface area (Å²) in [7, 11) is 0. The van der Waals surface area contributed by atoms with Gasteiger partial charge >= 0.3 is 5.82 Å². The Labute approximate surface area is 59.6 Å². The van der Waals surface area contributed by atoms with Gasteiger partial charge in [-0.1, -0.05) is 0 Å². The SMILES string of the molecule is O=[N+]([O-])c1cc(F)c(F)cn1. The molecule has 0 aromatic carbocycles. The smallest absolute Gasteiger partial charge is 0.358 e. The summed E-state index contributed by atoms with van der Waals surface area (Å²) in [4.78, 5) is 12.0. The maximum absolute atomic E-state index is 12.2. The molecular formula is C5H2F2N2O2. The number of rotatable bonds is 1. The van der Waals surface area contributed by atoms with Crippen molar-refractivity contribution in [3.63, 3.8) is 0 Å². The summed E-state index contributed by atoms with van der Waals surface area (Å²) >= 11 is 0. The zero-order valence-corrected chi connectivity index (χ0v) is 5.12. The van der Waals surface area contributed by atoms with Crippen molar-refractivity contribution >= 4 is 5.82 Å². The van der Waals surface area contributed by atoms with Crippen molar-refractivity contribution in [1.82, 2.24) is 4.98 Å². The molecule has 0 amide bonds. The van der Waals surface area contributed by atoms with Crippen LogP contribution in [0.3, 0.4) is 0 Å². The van der Waals surface area contributed by atoms with Crippen LogP contribution in [-0.2, 0) is 0 Å². The third kappa shape index (κ3) is 1.46. The summed E-state index contributed by atoms with van der Waals surface area (Å²) in [6.07, 6.45) is 0.466. The second-order valence-electron chi connectivity index (χ2n) is 1.71. The highest BCUT2D eigenvalue weighted by molar-refractivity contribution is 5.19. The zero-order valence-electron chi connectivity index (χ0n) is 5.12. The topological polar surface area (TPSA) is 56.0 Å². The Bertz CT molecular complexity index is 303. The molecule has 0 aliphatic carbocycles. The Hall–Kier alpha value is -1.59. The van der Waals surface area contributed by atoms with Gasteiger partial charge in [-0.25, -0.2) is 4.39 Å². The first-order valence-electron chi connectivity index (χ1n) is 2.56. The van der Waals surface area contributed by atoms with Crippen molar-refractivity contribution in [1.29, 1.82) is 0 Å². The molecule has 0 atom stereocenters. The van der Waals surface area contributed by atoms with Crippen molar-refractivity contribution in [2.75, 3.05) is 0 Å². The Morgan fingerprint density at radius 1 is 1.45 bits per heavy atom. The van der Waals surface area contributed by atoms with E-state index in [1.54, 1.807) is 0 Å². The Kier molecular flexibility index (Phi) is 1.75. The minimum atomic E-state index is -1.27. The fourth-order valence-corrected chi connectivity index (χ4v) is 0.504. The number of aromatic nitrogens is 1. The molecule has 0 aliphatic heterocycles. The molecule has 1 aromatic heterocycles. The van der Waals surface area contributed by atoms with Crippen LogP contribution in [0.1, 0.15) is 0 Å². The van der Waals surface area contributed by atoms with Gasteiger partial charge in [-0.3, -0.25) is 0 Å². The summed E-state index contributed by atoms with van der Waals surface area (Å²) in [5.41, 5.74) is 0. The van der Waals surface area contributed by atoms with E-state index in [0.29, 0.717) is 12.3 Å². The lowest BCUT2D eigenvalue weighted by Crippen LogP contribution is -1.94. The molecule has 0 saturated heterocycles. The average Bonchev–Trinajstić information content (AvgIpc) is 1.94. The minimum absolute atomic E-state index is 0.426. The zero-order chi connectivity index (χ0) is 8.43. The van der Waals surface area contributed by atoms with Gasteiger partial charge in [-0.15, -0.1) is 0 Å². The first-order valence-corrected chi connectivity index (χ1v) is 2.56.